The highest BCUT2D eigenvalue weighted by atomic mass is 14.8. The summed E-state index contributed by atoms with van der Waals surface area (Å²) in [6.07, 6.45) is 9.44. The first-order valence-electron chi connectivity index (χ1n) is 8.10. The van der Waals surface area contributed by atoms with Crippen LogP contribution < -0.4 is 5.32 Å². The highest BCUT2D eigenvalue weighted by Crippen LogP contribution is 2.19. The molecular weight excluding hydrogens is 230 g/mol. The predicted molar refractivity (Wildman–Crippen MR) is 85.7 cm³/mol. The van der Waals surface area contributed by atoms with E-state index in [-0.39, 0.29) is 0 Å². The van der Waals surface area contributed by atoms with E-state index in [0.29, 0.717) is 5.92 Å². The van der Waals surface area contributed by atoms with Gasteiger partial charge in [-0.3, -0.25) is 0 Å². The summed E-state index contributed by atoms with van der Waals surface area (Å²) in [5, 5.41) is 3.57. The number of hydrogen-bond donors (Lipinski definition) is 1. The molecule has 1 N–H and O–H groups in total. The first-order valence-corrected chi connectivity index (χ1v) is 8.10. The third-order valence-electron chi connectivity index (χ3n) is 3.82. The van der Waals surface area contributed by atoms with Gasteiger partial charge in [0.1, 0.15) is 0 Å². The van der Waals surface area contributed by atoms with Crippen molar-refractivity contribution in [1.29, 1.82) is 0 Å². The lowest BCUT2D eigenvalue weighted by Crippen LogP contribution is -2.17. The van der Waals surface area contributed by atoms with Gasteiger partial charge in [-0.1, -0.05) is 69.9 Å². The summed E-state index contributed by atoms with van der Waals surface area (Å²) < 4.78 is 0. The molecule has 19 heavy (non-hydrogen) atoms. The summed E-state index contributed by atoms with van der Waals surface area (Å²) in [5.74, 6) is 0.688. The first-order chi connectivity index (χ1) is 9.34. The Hall–Kier alpha value is -0.820. The fourth-order valence-electron chi connectivity index (χ4n) is 2.46. The molecule has 0 saturated carbocycles. The average Bonchev–Trinajstić information content (AvgIpc) is 2.46. The van der Waals surface area contributed by atoms with E-state index in [1.807, 2.05) is 0 Å². The van der Waals surface area contributed by atoms with E-state index in [4.69, 9.17) is 0 Å². The van der Waals surface area contributed by atoms with Crippen molar-refractivity contribution in [3.8, 4) is 0 Å². The van der Waals surface area contributed by atoms with Gasteiger partial charge in [-0.2, -0.15) is 0 Å². The highest BCUT2D eigenvalue weighted by Gasteiger charge is 2.03. The summed E-state index contributed by atoms with van der Waals surface area (Å²) in [5.41, 5.74) is 1.47. The van der Waals surface area contributed by atoms with E-state index < -0.39 is 0 Å². The normalized spacial score (nSPS) is 12.5. The molecule has 0 bridgehead atoms. The lowest BCUT2D eigenvalue weighted by Gasteiger charge is -2.12. The lowest BCUT2D eigenvalue weighted by molar-refractivity contribution is 0.548. The van der Waals surface area contributed by atoms with Crippen LogP contribution in [0.5, 0.6) is 0 Å². The zero-order valence-corrected chi connectivity index (χ0v) is 12.8. The zero-order chi connectivity index (χ0) is 13.8. The maximum atomic E-state index is 3.57. The smallest absolute Gasteiger partial charge is 0.00487 e. The van der Waals surface area contributed by atoms with E-state index in [2.05, 4.69) is 49.5 Å². The fraction of sp³-hybridized carbons (Fsp3) is 0.667. The molecule has 0 aliphatic rings. The molecule has 0 fully saturated rings. The first kappa shape index (κ1) is 16.2. The van der Waals surface area contributed by atoms with Gasteiger partial charge >= 0.3 is 0 Å². The monoisotopic (exact) mass is 261 g/mol. The topological polar surface area (TPSA) is 12.0 Å². The Labute approximate surface area is 119 Å². The van der Waals surface area contributed by atoms with Gasteiger partial charge in [0.25, 0.3) is 0 Å². The molecular formula is C18H31N. The molecule has 1 nitrogen and oxygen atoms in total. The molecule has 0 aliphatic heterocycles. The second-order valence-electron chi connectivity index (χ2n) is 5.62. The summed E-state index contributed by atoms with van der Waals surface area (Å²) >= 11 is 0. The van der Waals surface area contributed by atoms with E-state index >= 15 is 0 Å². The van der Waals surface area contributed by atoms with Crippen molar-refractivity contribution < 1.29 is 0 Å². The van der Waals surface area contributed by atoms with E-state index in [1.54, 1.807) is 0 Å². The molecule has 0 aromatic heterocycles. The lowest BCUT2D eigenvalue weighted by atomic mass is 9.96. The molecule has 0 aliphatic carbocycles. The molecule has 0 heterocycles. The Bertz CT molecular complexity index is 294. The van der Waals surface area contributed by atoms with Crippen LogP contribution in [0.25, 0.3) is 0 Å². The zero-order valence-electron chi connectivity index (χ0n) is 12.8. The maximum Gasteiger partial charge on any atom is -0.00487 e. The molecule has 1 atom stereocenters. The standard InChI is InChI=1S/C18H31N/c1-3-4-5-6-10-15-19-16-11-12-17(2)18-13-8-7-9-14-18/h7-9,13-14,17,19H,3-6,10-12,15-16H2,1-2H3. The molecule has 1 heteroatoms. The second-order valence-corrected chi connectivity index (χ2v) is 5.62. The van der Waals surface area contributed by atoms with Gasteiger partial charge in [-0.05, 0) is 43.8 Å². The average molecular weight is 261 g/mol. The van der Waals surface area contributed by atoms with Crippen LogP contribution in [0.15, 0.2) is 30.3 Å². The maximum absolute atomic E-state index is 3.57. The highest BCUT2D eigenvalue weighted by molar-refractivity contribution is 5.18. The van der Waals surface area contributed by atoms with Crippen LogP contribution in [0.4, 0.5) is 0 Å². The van der Waals surface area contributed by atoms with Crippen LogP contribution in [0, 0.1) is 0 Å². The number of rotatable bonds is 11. The second kappa shape index (κ2) is 11.0. The third kappa shape index (κ3) is 8.05. The van der Waals surface area contributed by atoms with Crippen LogP contribution in [0.3, 0.4) is 0 Å². The van der Waals surface area contributed by atoms with E-state index in [0.717, 1.165) is 0 Å². The van der Waals surface area contributed by atoms with Crippen LogP contribution >= 0.6 is 0 Å². The Morgan fingerprint density at radius 1 is 0.895 bits per heavy atom. The predicted octanol–water partition coefficient (Wildman–Crippen LogP) is 5.13. The Balaban J connectivity index is 1.93. The largest absolute Gasteiger partial charge is 0.317 e. The van der Waals surface area contributed by atoms with Crippen molar-refractivity contribution >= 4 is 0 Å². The molecule has 1 aromatic rings. The molecule has 0 radical (unpaired) electrons. The van der Waals surface area contributed by atoms with Crippen LogP contribution in [0.2, 0.25) is 0 Å². The van der Waals surface area contributed by atoms with Crippen molar-refractivity contribution in [2.24, 2.45) is 0 Å². The van der Waals surface area contributed by atoms with Crippen molar-refractivity contribution in [2.45, 2.75) is 64.7 Å². The molecule has 0 saturated heterocycles. The minimum Gasteiger partial charge on any atom is -0.317 e. The van der Waals surface area contributed by atoms with E-state index in [9.17, 15) is 0 Å². The number of benzene rings is 1. The Kier molecular flexibility index (Phi) is 9.44. The van der Waals surface area contributed by atoms with E-state index in [1.165, 1.54) is 63.6 Å². The minimum atomic E-state index is 0.688. The molecule has 1 unspecified atom stereocenters. The van der Waals surface area contributed by atoms with Gasteiger partial charge in [-0.15, -0.1) is 0 Å². The molecule has 1 aromatic carbocycles. The summed E-state index contributed by atoms with van der Waals surface area (Å²) in [7, 11) is 0. The van der Waals surface area contributed by atoms with Gasteiger partial charge in [0.15, 0.2) is 0 Å². The molecule has 0 spiro atoms. The Morgan fingerprint density at radius 3 is 2.32 bits per heavy atom. The Morgan fingerprint density at radius 2 is 1.58 bits per heavy atom. The van der Waals surface area contributed by atoms with Gasteiger partial charge in [0.05, 0.1) is 0 Å². The van der Waals surface area contributed by atoms with Gasteiger partial charge in [-0.25, -0.2) is 0 Å². The van der Waals surface area contributed by atoms with Crippen molar-refractivity contribution in [3.63, 3.8) is 0 Å². The fourth-order valence-corrected chi connectivity index (χ4v) is 2.46. The van der Waals surface area contributed by atoms with Gasteiger partial charge < -0.3 is 5.32 Å². The van der Waals surface area contributed by atoms with Crippen molar-refractivity contribution in [1.82, 2.24) is 5.32 Å². The van der Waals surface area contributed by atoms with Crippen molar-refractivity contribution in [2.75, 3.05) is 13.1 Å². The molecule has 1 rings (SSSR count). The molecule has 0 amide bonds. The summed E-state index contributed by atoms with van der Waals surface area (Å²) in [6.45, 7) is 6.97. The summed E-state index contributed by atoms with van der Waals surface area (Å²) in [6, 6.07) is 10.9. The summed E-state index contributed by atoms with van der Waals surface area (Å²) in [4.78, 5) is 0. The van der Waals surface area contributed by atoms with Gasteiger partial charge in [0, 0.05) is 0 Å². The number of unbranched alkanes of at least 4 members (excludes halogenated alkanes) is 4. The quantitative estimate of drug-likeness (QED) is 0.544. The van der Waals surface area contributed by atoms with Crippen LogP contribution in [-0.4, -0.2) is 13.1 Å². The van der Waals surface area contributed by atoms with Crippen LogP contribution in [0.1, 0.15) is 70.3 Å². The third-order valence-corrected chi connectivity index (χ3v) is 3.82. The van der Waals surface area contributed by atoms with Gasteiger partial charge in [0.2, 0.25) is 0 Å². The number of nitrogens with one attached hydrogen (secondary N) is 1. The van der Waals surface area contributed by atoms with Crippen LogP contribution in [-0.2, 0) is 0 Å². The van der Waals surface area contributed by atoms with Crippen molar-refractivity contribution in [3.05, 3.63) is 35.9 Å². The SMILES string of the molecule is CCCCCCCNCCCC(C)c1ccccc1. The minimum absolute atomic E-state index is 0.688. The molecule has 108 valence electrons. The number of hydrogen-bond acceptors (Lipinski definition) is 1.